The first kappa shape index (κ1) is 27.0. The molecule has 1 aliphatic rings. The molecule has 0 saturated heterocycles. The Morgan fingerprint density at radius 1 is 1.03 bits per heavy atom. The van der Waals surface area contributed by atoms with Gasteiger partial charge in [0.15, 0.2) is 11.5 Å². The van der Waals surface area contributed by atoms with Gasteiger partial charge in [-0.15, -0.1) is 0 Å². The van der Waals surface area contributed by atoms with E-state index in [0.717, 1.165) is 38.3 Å². The number of rotatable bonds is 9. The van der Waals surface area contributed by atoms with Gasteiger partial charge in [0.2, 0.25) is 5.91 Å². The summed E-state index contributed by atoms with van der Waals surface area (Å²) in [5.74, 6) is 0.517. The van der Waals surface area contributed by atoms with Crippen molar-refractivity contribution in [3.63, 3.8) is 0 Å². The van der Waals surface area contributed by atoms with Gasteiger partial charge < -0.3 is 9.47 Å². The molecule has 0 bridgehead atoms. The number of benzene rings is 3. The van der Waals surface area contributed by atoms with Crippen LogP contribution in [0.25, 0.3) is 17.2 Å². The van der Waals surface area contributed by atoms with E-state index in [-0.39, 0.29) is 18.1 Å². The number of amides is 1. The van der Waals surface area contributed by atoms with Crippen LogP contribution in [-0.2, 0) is 15.6 Å². The molecule has 1 unspecified atom stereocenters. The SMILES string of the molecule is CCOc1ccc(/C=N\NC(=O)CC2=C(C)/C(=C/c3ccc(S(C)=O)cc3)c3ccc(F)cc32)cc1OC. The topological polar surface area (TPSA) is 77.0 Å². The second kappa shape index (κ2) is 12.0. The lowest BCUT2D eigenvalue weighted by molar-refractivity contribution is -0.120. The van der Waals surface area contributed by atoms with Crippen molar-refractivity contribution in [1.29, 1.82) is 0 Å². The van der Waals surface area contributed by atoms with Crippen molar-refractivity contribution in [2.24, 2.45) is 5.10 Å². The zero-order chi connectivity index (χ0) is 27.2. The number of methoxy groups -OCH3 is 1. The van der Waals surface area contributed by atoms with Gasteiger partial charge in [-0.1, -0.05) is 18.2 Å². The van der Waals surface area contributed by atoms with Gasteiger partial charge in [-0.05, 0) is 101 Å². The average Bonchev–Trinajstić information content (AvgIpc) is 3.15. The molecule has 4 rings (SSSR count). The van der Waals surface area contributed by atoms with Crippen molar-refractivity contribution in [2.75, 3.05) is 20.0 Å². The lowest BCUT2D eigenvalue weighted by Gasteiger charge is -2.09. The van der Waals surface area contributed by atoms with E-state index in [0.29, 0.717) is 23.7 Å². The van der Waals surface area contributed by atoms with Crippen LogP contribution in [0.5, 0.6) is 11.5 Å². The number of carbonyl (C=O) groups excluding carboxylic acids is 1. The Hall–Kier alpha value is -4.04. The minimum atomic E-state index is -1.06. The lowest BCUT2D eigenvalue weighted by Crippen LogP contribution is -2.17. The normalized spacial score (nSPS) is 14.6. The molecule has 8 heteroatoms. The van der Waals surface area contributed by atoms with Crippen molar-refractivity contribution in [2.45, 2.75) is 25.2 Å². The molecule has 0 spiro atoms. The van der Waals surface area contributed by atoms with Crippen molar-refractivity contribution in [3.05, 3.63) is 94.3 Å². The molecule has 196 valence electrons. The number of hydrogen-bond acceptors (Lipinski definition) is 5. The quantitative estimate of drug-likeness (QED) is 0.278. The molecule has 0 aliphatic heterocycles. The molecule has 0 radical (unpaired) electrons. The molecular formula is C30H29FN2O4S. The Morgan fingerprint density at radius 2 is 1.76 bits per heavy atom. The number of nitrogens with one attached hydrogen (secondary N) is 1. The molecule has 1 atom stereocenters. The minimum Gasteiger partial charge on any atom is -0.493 e. The van der Waals surface area contributed by atoms with Crippen LogP contribution in [0.3, 0.4) is 0 Å². The van der Waals surface area contributed by atoms with Crippen LogP contribution in [-0.4, -0.2) is 36.3 Å². The maximum Gasteiger partial charge on any atom is 0.244 e. The fraction of sp³-hybridized carbons (Fsp3) is 0.200. The Kier molecular flexibility index (Phi) is 8.53. The van der Waals surface area contributed by atoms with E-state index in [1.54, 1.807) is 31.6 Å². The van der Waals surface area contributed by atoms with Crippen LogP contribution in [0.4, 0.5) is 4.39 Å². The largest absolute Gasteiger partial charge is 0.493 e. The number of hydrogen-bond donors (Lipinski definition) is 1. The van der Waals surface area contributed by atoms with Gasteiger partial charge in [-0.2, -0.15) is 5.10 Å². The summed E-state index contributed by atoms with van der Waals surface area (Å²) in [6.07, 6.45) is 5.20. The molecule has 0 heterocycles. The van der Waals surface area contributed by atoms with E-state index in [9.17, 15) is 13.4 Å². The molecule has 1 aliphatic carbocycles. The third kappa shape index (κ3) is 6.08. The zero-order valence-electron chi connectivity index (χ0n) is 21.7. The summed E-state index contributed by atoms with van der Waals surface area (Å²) in [4.78, 5) is 13.6. The van der Waals surface area contributed by atoms with Gasteiger partial charge >= 0.3 is 0 Å². The molecule has 1 N–H and O–H groups in total. The summed E-state index contributed by atoms with van der Waals surface area (Å²) in [5.41, 5.74) is 8.32. The number of carbonyl (C=O) groups is 1. The number of ether oxygens (including phenoxy) is 2. The number of allylic oxidation sites excluding steroid dienone is 2. The summed E-state index contributed by atoms with van der Waals surface area (Å²) in [6, 6.07) is 17.4. The molecule has 3 aromatic rings. The smallest absolute Gasteiger partial charge is 0.244 e. The Balaban J connectivity index is 1.54. The van der Waals surface area contributed by atoms with Crippen molar-refractivity contribution in [3.8, 4) is 11.5 Å². The fourth-order valence-electron chi connectivity index (χ4n) is 4.32. The summed E-state index contributed by atoms with van der Waals surface area (Å²) in [7, 11) is 0.501. The predicted molar refractivity (Wildman–Crippen MR) is 150 cm³/mol. The molecule has 0 fully saturated rings. The van der Waals surface area contributed by atoms with Crippen LogP contribution >= 0.6 is 0 Å². The Morgan fingerprint density at radius 3 is 2.45 bits per heavy atom. The molecule has 0 aromatic heterocycles. The van der Waals surface area contributed by atoms with E-state index in [2.05, 4.69) is 10.5 Å². The van der Waals surface area contributed by atoms with Crippen LogP contribution in [0.1, 0.15) is 42.5 Å². The molecule has 0 saturated carbocycles. The highest BCUT2D eigenvalue weighted by Gasteiger charge is 2.25. The monoisotopic (exact) mass is 532 g/mol. The van der Waals surface area contributed by atoms with Gasteiger partial charge in [0, 0.05) is 22.0 Å². The van der Waals surface area contributed by atoms with Gasteiger partial charge in [-0.3, -0.25) is 9.00 Å². The molecular weight excluding hydrogens is 503 g/mol. The predicted octanol–water partition coefficient (Wildman–Crippen LogP) is 5.84. The number of nitrogens with zero attached hydrogens (tertiary/aromatic N) is 1. The van der Waals surface area contributed by atoms with Gasteiger partial charge in [0.1, 0.15) is 5.82 Å². The highest BCUT2D eigenvalue weighted by molar-refractivity contribution is 7.84. The molecule has 6 nitrogen and oxygen atoms in total. The zero-order valence-corrected chi connectivity index (χ0v) is 22.5. The summed E-state index contributed by atoms with van der Waals surface area (Å²) in [6.45, 7) is 4.34. The van der Waals surface area contributed by atoms with Crippen LogP contribution in [0.2, 0.25) is 0 Å². The first-order valence-electron chi connectivity index (χ1n) is 12.1. The maximum absolute atomic E-state index is 14.2. The van der Waals surface area contributed by atoms with E-state index in [1.165, 1.54) is 18.3 Å². The summed E-state index contributed by atoms with van der Waals surface area (Å²) >= 11 is 0. The van der Waals surface area contributed by atoms with Crippen molar-refractivity contribution in [1.82, 2.24) is 5.43 Å². The fourth-order valence-corrected chi connectivity index (χ4v) is 4.84. The molecule has 3 aromatic carbocycles. The van der Waals surface area contributed by atoms with Crippen LogP contribution in [0.15, 0.2) is 76.2 Å². The van der Waals surface area contributed by atoms with E-state index in [1.807, 2.05) is 50.3 Å². The van der Waals surface area contributed by atoms with Crippen molar-refractivity contribution >= 4 is 40.1 Å². The van der Waals surface area contributed by atoms with Crippen LogP contribution in [0, 0.1) is 5.82 Å². The van der Waals surface area contributed by atoms with Gasteiger partial charge in [0.05, 0.1) is 26.4 Å². The Labute approximate surface area is 224 Å². The van der Waals surface area contributed by atoms with E-state index < -0.39 is 10.8 Å². The highest BCUT2D eigenvalue weighted by atomic mass is 32.2. The van der Waals surface area contributed by atoms with Gasteiger partial charge in [0.25, 0.3) is 0 Å². The number of halogens is 1. The standard InChI is InChI=1S/C30H29FN2O4S/c1-5-37-28-13-8-21(15-29(28)36-3)18-32-33-30(34)17-26-19(2)25(24-12-9-22(31)16-27(24)26)14-20-6-10-23(11-7-20)38(4)35/h6-16,18H,5,17H2,1-4H3,(H,33,34)/b25-14-,32-18-. The lowest BCUT2D eigenvalue weighted by atomic mass is 10.0. The number of hydrazone groups is 1. The Bertz CT molecular complexity index is 1480. The third-order valence-electron chi connectivity index (χ3n) is 6.20. The molecule has 38 heavy (non-hydrogen) atoms. The minimum absolute atomic E-state index is 0.0390. The second-order valence-electron chi connectivity index (χ2n) is 8.69. The van der Waals surface area contributed by atoms with Crippen molar-refractivity contribution < 1.29 is 22.9 Å². The summed E-state index contributed by atoms with van der Waals surface area (Å²) < 4.78 is 36.8. The molecule has 1 amide bonds. The highest BCUT2D eigenvalue weighted by Crippen LogP contribution is 2.43. The summed E-state index contributed by atoms with van der Waals surface area (Å²) in [5, 5.41) is 4.09. The van der Waals surface area contributed by atoms with E-state index >= 15 is 0 Å². The number of fused-ring (bicyclic) bond motifs is 1. The van der Waals surface area contributed by atoms with E-state index in [4.69, 9.17) is 9.47 Å². The third-order valence-corrected chi connectivity index (χ3v) is 7.14. The second-order valence-corrected chi connectivity index (χ2v) is 10.1. The average molecular weight is 533 g/mol. The maximum atomic E-state index is 14.2. The first-order chi connectivity index (χ1) is 18.3. The first-order valence-corrected chi connectivity index (χ1v) is 13.6. The van der Waals surface area contributed by atoms with Gasteiger partial charge in [-0.25, -0.2) is 9.82 Å². The van der Waals surface area contributed by atoms with Crippen LogP contribution < -0.4 is 14.9 Å².